The van der Waals surface area contributed by atoms with Crippen molar-refractivity contribution in [3.05, 3.63) is 40.9 Å². The van der Waals surface area contributed by atoms with Crippen LogP contribution in [-0.2, 0) is 4.79 Å². The molecular formula is C15H18N4O2S2. The third-order valence-corrected chi connectivity index (χ3v) is 5.70. The average Bonchev–Trinajstić information content (AvgIpc) is 3.22. The monoisotopic (exact) mass is 350 g/mol. The number of nitrogens with one attached hydrogen (secondary N) is 1. The first-order valence-corrected chi connectivity index (χ1v) is 9.59. The number of nitrogens with zero attached hydrogens (tertiary/aromatic N) is 3. The molecule has 122 valence electrons. The molecule has 0 aromatic carbocycles. The highest BCUT2D eigenvalue weighted by Gasteiger charge is 2.51. The maximum absolute atomic E-state index is 12.0. The smallest absolute Gasteiger partial charge is 0.323 e. The molecule has 1 aliphatic heterocycles. The van der Waals surface area contributed by atoms with Gasteiger partial charge in [-0.3, -0.25) is 20.1 Å². The number of hydrogen-bond acceptors (Lipinski definition) is 7. The van der Waals surface area contributed by atoms with Crippen molar-refractivity contribution in [2.24, 2.45) is 0 Å². The zero-order valence-corrected chi connectivity index (χ0v) is 14.3. The number of thioether (sulfide) groups is 1. The fourth-order valence-corrected chi connectivity index (χ4v) is 4.36. The van der Waals surface area contributed by atoms with Crippen molar-refractivity contribution in [3.8, 4) is 0 Å². The van der Waals surface area contributed by atoms with E-state index in [1.807, 2.05) is 11.6 Å². The Hall–Kier alpha value is -1.51. The van der Waals surface area contributed by atoms with Gasteiger partial charge in [0.25, 0.3) is 0 Å². The molecule has 0 aliphatic carbocycles. The first-order chi connectivity index (χ1) is 11.2. The van der Waals surface area contributed by atoms with Crippen molar-refractivity contribution in [2.75, 3.05) is 12.0 Å². The van der Waals surface area contributed by atoms with Crippen LogP contribution in [0.5, 0.6) is 0 Å². The summed E-state index contributed by atoms with van der Waals surface area (Å²) in [4.78, 5) is 24.9. The molecule has 3 heterocycles. The highest BCUT2D eigenvalue weighted by Crippen LogP contribution is 2.45. The molecule has 1 saturated heterocycles. The Morgan fingerprint density at radius 1 is 1.48 bits per heavy atom. The van der Waals surface area contributed by atoms with Crippen LogP contribution in [-0.4, -0.2) is 43.6 Å². The van der Waals surface area contributed by atoms with E-state index < -0.39 is 11.5 Å². The largest absolute Gasteiger partial charge is 0.480 e. The predicted molar refractivity (Wildman–Crippen MR) is 90.7 cm³/mol. The van der Waals surface area contributed by atoms with Crippen LogP contribution in [0.3, 0.4) is 0 Å². The third kappa shape index (κ3) is 3.24. The topological polar surface area (TPSA) is 88.0 Å². The Labute approximate surface area is 142 Å². The van der Waals surface area contributed by atoms with Crippen LogP contribution in [0.4, 0.5) is 0 Å². The molecule has 23 heavy (non-hydrogen) atoms. The third-order valence-electron chi connectivity index (χ3n) is 4.23. The van der Waals surface area contributed by atoms with Gasteiger partial charge in [-0.15, -0.1) is 11.3 Å². The molecule has 1 fully saturated rings. The van der Waals surface area contributed by atoms with E-state index in [-0.39, 0.29) is 12.0 Å². The molecule has 0 bridgehead atoms. The van der Waals surface area contributed by atoms with Gasteiger partial charge in [-0.05, 0) is 24.9 Å². The Morgan fingerprint density at radius 3 is 2.96 bits per heavy atom. The summed E-state index contributed by atoms with van der Waals surface area (Å²) in [5.41, 5.74) is -0.130. The lowest BCUT2D eigenvalue weighted by molar-refractivity contribution is -0.144. The summed E-state index contributed by atoms with van der Waals surface area (Å²) in [5.74, 6) is -0.0656. The van der Waals surface area contributed by atoms with Gasteiger partial charge >= 0.3 is 5.97 Å². The summed E-state index contributed by atoms with van der Waals surface area (Å²) in [7, 11) is 0. The summed E-state index contributed by atoms with van der Waals surface area (Å²) in [6.07, 6.45) is 9.80. The van der Waals surface area contributed by atoms with E-state index in [4.69, 9.17) is 0 Å². The Bertz CT molecular complexity index is 653. The van der Waals surface area contributed by atoms with E-state index >= 15 is 0 Å². The number of thiazole rings is 1. The van der Waals surface area contributed by atoms with Gasteiger partial charge in [0.2, 0.25) is 0 Å². The lowest BCUT2D eigenvalue weighted by Gasteiger charge is -2.25. The molecular weight excluding hydrogens is 332 g/mol. The maximum Gasteiger partial charge on any atom is 0.323 e. The standard InChI is InChI=1S/C15H18N4O2S2/c1-22-6-2-15(14(20)21)8-10(11-9-16-3-4-17-11)12(19-15)13-18-5-7-23-13/h3-5,7,9-10,12,19H,2,6,8H2,1H3,(H,20,21)/t10-,12-,15-/m1/s1. The normalized spacial score (nSPS) is 27.2. The summed E-state index contributed by atoms with van der Waals surface area (Å²) in [5, 5.41) is 16.0. The van der Waals surface area contributed by atoms with Crippen molar-refractivity contribution in [1.29, 1.82) is 0 Å². The number of aromatic nitrogens is 3. The van der Waals surface area contributed by atoms with Crippen LogP contribution in [0.15, 0.2) is 30.2 Å². The van der Waals surface area contributed by atoms with Gasteiger partial charge in [0.05, 0.1) is 11.7 Å². The van der Waals surface area contributed by atoms with Gasteiger partial charge in [0.1, 0.15) is 10.5 Å². The van der Waals surface area contributed by atoms with Crippen LogP contribution in [0.2, 0.25) is 0 Å². The molecule has 1 aliphatic rings. The van der Waals surface area contributed by atoms with E-state index in [9.17, 15) is 9.90 Å². The van der Waals surface area contributed by atoms with E-state index in [2.05, 4.69) is 20.3 Å². The lowest BCUT2D eigenvalue weighted by atomic mass is 9.87. The van der Waals surface area contributed by atoms with Crippen LogP contribution in [0.25, 0.3) is 0 Å². The molecule has 2 N–H and O–H groups in total. The molecule has 6 nitrogen and oxygen atoms in total. The molecule has 0 saturated carbocycles. The van der Waals surface area contributed by atoms with E-state index in [0.717, 1.165) is 16.5 Å². The molecule has 0 spiro atoms. The quantitative estimate of drug-likeness (QED) is 0.826. The number of aliphatic carboxylic acids is 1. The van der Waals surface area contributed by atoms with E-state index in [1.54, 1.807) is 36.5 Å². The Kier molecular flexibility index (Phi) is 4.93. The summed E-state index contributed by atoms with van der Waals surface area (Å²) in [6, 6.07) is -0.148. The zero-order chi connectivity index (χ0) is 16.3. The first kappa shape index (κ1) is 16.4. The van der Waals surface area contributed by atoms with E-state index in [1.165, 1.54) is 11.3 Å². The summed E-state index contributed by atoms with van der Waals surface area (Å²) in [6.45, 7) is 0. The van der Waals surface area contributed by atoms with Gasteiger partial charge < -0.3 is 5.11 Å². The van der Waals surface area contributed by atoms with Crippen molar-refractivity contribution in [3.63, 3.8) is 0 Å². The second-order valence-electron chi connectivity index (χ2n) is 5.56. The van der Waals surface area contributed by atoms with Crippen molar-refractivity contribution < 1.29 is 9.90 Å². The van der Waals surface area contributed by atoms with Crippen molar-refractivity contribution in [1.82, 2.24) is 20.3 Å². The van der Waals surface area contributed by atoms with Gasteiger partial charge in [-0.2, -0.15) is 11.8 Å². The maximum atomic E-state index is 12.0. The summed E-state index contributed by atoms with van der Waals surface area (Å²) < 4.78 is 0. The van der Waals surface area contributed by atoms with Gasteiger partial charge in [0.15, 0.2) is 0 Å². The molecule has 0 radical (unpaired) electrons. The second kappa shape index (κ2) is 6.94. The minimum absolute atomic E-state index is 0.0483. The van der Waals surface area contributed by atoms with E-state index in [0.29, 0.717) is 12.8 Å². The Morgan fingerprint density at radius 2 is 2.35 bits per heavy atom. The molecule has 0 amide bonds. The van der Waals surface area contributed by atoms with Gasteiger partial charge in [-0.1, -0.05) is 0 Å². The molecule has 0 unspecified atom stereocenters. The van der Waals surface area contributed by atoms with Gasteiger partial charge in [-0.25, -0.2) is 4.98 Å². The predicted octanol–water partition coefficient (Wildman–Crippen LogP) is 2.33. The first-order valence-electron chi connectivity index (χ1n) is 7.31. The zero-order valence-electron chi connectivity index (χ0n) is 12.7. The van der Waals surface area contributed by atoms with Crippen LogP contribution >= 0.6 is 23.1 Å². The molecule has 8 heteroatoms. The number of carboxylic acid groups (broad SMARTS) is 1. The Balaban J connectivity index is 1.97. The number of carboxylic acids is 1. The number of carbonyl (C=O) groups is 1. The molecule has 3 rings (SSSR count). The van der Waals surface area contributed by atoms with Crippen LogP contribution in [0, 0.1) is 0 Å². The fourth-order valence-electron chi connectivity index (χ4n) is 3.06. The average molecular weight is 350 g/mol. The molecule has 2 aromatic heterocycles. The fraction of sp³-hybridized carbons (Fsp3) is 0.467. The SMILES string of the molecule is CSCC[C@]1(C(=O)O)C[C@H](c2cnccn2)[C@H](c2nccs2)N1. The minimum Gasteiger partial charge on any atom is -0.480 e. The number of hydrogen-bond donors (Lipinski definition) is 2. The second-order valence-corrected chi connectivity index (χ2v) is 7.48. The lowest BCUT2D eigenvalue weighted by Crippen LogP contribution is -2.48. The number of rotatable bonds is 6. The molecule has 3 atom stereocenters. The van der Waals surface area contributed by atoms with Crippen LogP contribution in [0.1, 0.15) is 35.5 Å². The van der Waals surface area contributed by atoms with Crippen molar-refractivity contribution >= 4 is 29.1 Å². The van der Waals surface area contributed by atoms with Gasteiger partial charge in [0, 0.05) is 36.1 Å². The van der Waals surface area contributed by atoms with Crippen molar-refractivity contribution in [2.45, 2.75) is 30.3 Å². The minimum atomic E-state index is -0.943. The summed E-state index contributed by atoms with van der Waals surface area (Å²) >= 11 is 3.19. The van der Waals surface area contributed by atoms with Crippen LogP contribution < -0.4 is 5.32 Å². The highest BCUT2D eigenvalue weighted by molar-refractivity contribution is 7.98. The highest BCUT2D eigenvalue weighted by atomic mass is 32.2. The molecule has 2 aromatic rings.